The van der Waals surface area contributed by atoms with Gasteiger partial charge in [-0.1, -0.05) is 13.8 Å². The average Bonchev–Trinajstić information content (AvgIpc) is 3.04. The van der Waals surface area contributed by atoms with E-state index in [2.05, 4.69) is 53.3 Å². The quantitative estimate of drug-likeness (QED) is 0.841. The lowest BCUT2D eigenvalue weighted by Gasteiger charge is -2.15. The van der Waals surface area contributed by atoms with Gasteiger partial charge in [0, 0.05) is 17.6 Å². The number of nitrogens with one attached hydrogen (secondary N) is 1. The molecular formula is C14H22N4S2. The van der Waals surface area contributed by atoms with Gasteiger partial charge in [0.15, 0.2) is 5.13 Å². The molecule has 2 heterocycles. The SMILES string of the molecule is CCN(CC)Cc1ncc(-c2csc(NC(C)C)n2)s1. The van der Waals surface area contributed by atoms with Gasteiger partial charge in [-0.2, -0.15) is 0 Å². The van der Waals surface area contributed by atoms with Crippen molar-refractivity contribution in [2.75, 3.05) is 18.4 Å². The molecule has 0 bridgehead atoms. The molecule has 2 rings (SSSR count). The van der Waals surface area contributed by atoms with Crippen LogP contribution in [0.15, 0.2) is 11.6 Å². The Bertz CT molecular complexity index is 529. The van der Waals surface area contributed by atoms with E-state index in [1.807, 2.05) is 6.20 Å². The minimum atomic E-state index is 0.411. The standard InChI is InChI=1S/C14H22N4S2/c1-5-18(6-2)8-13-15-7-12(20-13)11-9-19-14(17-11)16-10(3)4/h7,9-10H,5-6,8H2,1-4H3,(H,16,17). The number of nitrogens with zero attached hydrogens (tertiary/aromatic N) is 3. The minimum absolute atomic E-state index is 0.411. The van der Waals surface area contributed by atoms with E-state index >= 15 is 0 Å². The van der Waals surface area contributed by atoms with Crippen LogP contribution in [0.4, 0.5) is 5.13 Å². The molecule has 0 saturated heterocycles. The normalized spacial score (nSPS) is 11.5. The first-order chi connectivity index (χ1) is 9.62. The zero-order valence-electron chi connectivity index (χ0n) is 12.5. The fourth-order valence-electron chi connectivity index (χ4n) is 1.84. The fourth-order valence-corrected chi connectivity index (χ4v) is 3.69. The molecule has 0 aliphatic rings. The van der Waals surface area contributed by atoms with E-state index in [0.29, 0.717) is 6.04 Å². The molecular weight excluding hydrogens is 288 g/mol. The van der Waals surface area contributed by atoms with Crippen molar-refractivity contribution in [2.24, 2.45) is 0 Å². The van der Waals surface area contributed by atoms with Crippen LogP contribution in [-0.2, 0) is 6.54 Å². The van der Waals surface area contributed by atoms with Gasteiger partial charge in [0.05, 0.1) is 17.1 Å². The maximum atomic E-state index is 4.62. The summed E-state index contributed by atoms with van der Waals surface area (Å²) in [5, 5.41) is 7.57. The van der Waals surface area contributed by atoms with Gasteiger partial charge in [0.2, 0.25) is 0 Å². The maximum absolute atomic E-state index is 4.62. The molecule has 20 heavy (non-hydrogen) atoms. The molecule has 0 aliphatic carbocycles. The number of aromatic nitrogens is 2. The van der Waals surface area contributed by atoms with Crippen molar-refractivity contribution < 1.29 is 0 Å². The van der Waals surface area contributed by atoms with Crippen molar-refractivity contribution in [3.8, 4) is 10.6 Å². The van der Waals surface area contributed by atoms with Crippen LogP contribution in [0.25, 0.3) is 10.6 Å². The van der Waals surface area contributed by atoms with E-state index in [1.165, 1.54) is 0 Å². The topological polar surface area (TPSA) is 41.1 Å². The molecule has 0 amide bonds. The van der Waals surface area contributed by atoms with Gasteiger partial charge < -0.3 is 5.32 Å². The second kappa shape index (κ2) is 7.15. The van der Waals surface area contributed by atoms with Crippen LogP contribution < -0.4 is 5.32 Å². The van der Waals surface area contributed by atoms with Gasteiger partial charge in [0.1, 0.15) is 5.01 Å². The highest BCUT2D eigenvalue weighted by Gasteiger charge is 2.11. The zero-order valence-corrected chi connectivity index (χ0v) is 14.1. The van der Waals surface area contributed by atoms with Crippen molar-refractivity contribution in [3.63, 3.8) is 0 Å². The van der Waals surface area contributed by atoms with Crippen molar-refractivity contribution >= 4 is 27.8 Å². The molecule has 0 unspecified atom stereocenters. The largest absolute Gasteiger partial charge is 0.359 e. The number of thiazole rings is 2. The Hall–Kier alpha value is -0.980. The van der Waals surface area contributed by atoms with Gasteiger partial charge in [0.25, 0.3) is 0 Å². The highest BCUT2D eigenvalue weighted by Crippen LogP contribution is 2.29. The third-order valence-corrected chi connectivity index (χ3v) is 4.75. The van der Waals surface area contributed by atoms with Gasteiger partial charge in [-0.25, -0.2) is 9.97 Å². The number of anilines is 1. The highest BCUT2D eigenvalue weighted by molar-refractivity contribution is 7.16. The van der Waals surface area contributed by atoms with Gasteiger partial charge in [-0.3, -0.25) is 4.90 Å². The lowest BCUT2D eigenvalue weighted by atomic mass is 10.4. The predicted octanol–water partition coefficient (Wildman–Crippen LogP) is 3.93. The molecule has 0 aromatic carbocycles. The lowest BCUT2D eigenvalue weighted by Crippen LogP contribution is -2.21. The summed E-state index contributed by atoms with van der Waals surface area (Å²) >= 11 is 3.39. The van der Waals surface area contributed by atoms with Crippen LogP contribution in [0.2, 0.25) is 0 Å². The Balaban J connectivity index is 2.06. The van der Waals surface area contributed by atoms with Crippen LogP contribution >= 0.6 is 22.7 Å². The monoisotopic (exact) mass is 310 g/mol. The van der Waals surface area contributed by atoms with E-state index in [1.54, 1.807) is 22.7 Å². The van der Waals surface area contributed by atoms with Gasteiger partial charge in [-0.05, 0) is 26.9 Å². The predicted molar refractivity (Wildman–Crippen MR) is 88.6 cm³/mol. The first-order valence-electron chi connectivity index (χ1n) is 7.01. The number of hydrogen-bond acceptors (Lipinski definition) is 6. The van der Waals surface area contributed by atoms with Crippen LogP contribution in [-0.4, -0.2) is 34.0 Å². The number of hydrogen-bond donors (Lipinski definition) is 1. The minimum Gasteiger partial charge on any atom is -0.359 e. The van der Waals surface area contributed by atoms with E-state index in [-0.39, 0.29) is 0 Å². The second-order valence-electron chi connectivity index (χ2n) is 4.92. The Labute approximate surface area is 128 Å². The molecule has 0 radical (unpaired) electrons. The van der Waals surface area contributed by atoms with Crippen molar-refractivity contribution in [2.45, 2.75) is 40.3 Å². The Morgan fingerprint density at radius 2 is 2.05 bits per heavy atom. The fraction of sp³-hybridized carbons (Fsp3) is 0.571. The first-order valence-corrected chi connectivity index (χ1v) is 8.71. The third-order valence-electron chi connectivity index (χ3n) is 2.98. The van der Waals surface area contributed by atoms with Crippen LogP contribution in [0.1, 0.15) is 32.7 Å². The Morgan fingerprint density at radius 1 is 1.30 bits per heavy atom. The molecule has 0 fully saturated rings. The summed E-state index contributed by atoms with van der Waals surface area (Å²) in [5.41, 5.74) is 1.03. The van der Waals surface area contributed by atoms with Crippen LogP contribution in [0.3, 0.4) is 0 Å². The molecule has 4 nitrogen and oxygen atoms in total. The van der Waals surface area contributed by atoms with Crippen molar-refractivity contribution in [3.05, 3.63) is 16.6 Å². The smallest absolute Gasteiger partial charge is 0.183 e. The van der Waals surface area contributed by atoms with Crippen LogP contribution in [0, 0.1) is 0 Å². The van der Waals surface area contributed by atoms with E-state index < -0.39 is 0 Å². The summed E-state index contributed by atoms with van der Waals surface area (Å²) in [4.78, 5) is 12.7. The summed E-state index contributed by atoms with van der Waals surface area (Å²) < 4.78 is 0. The molecule has 6 heteroatoms. The molecule has 0 saturated carbocycles. The summed E-state index contributed by atoms with van der Waals surface area (Å²) in [6.07, 6.45) is 1.94. The van der Waals surface area contributed by atoms with Crippen molar-refractivity contribution in [1.82, 2.24) is 14.9 Å². The molecule has 0 spiro atoms. The Morgan fingerprint density at radius 3 is 2.70 bits per heavy atom. The Kier molecular flexibility index (Phi) is 5.51. The third kappa shape index (κ3) is 4.01. The van der Waals surface area contributed by atoms with E-state index in [4.69, 9.17) is 0 Å². The molecule has 110 valence electrons. The van der Waals surface area contributed by atoms with E-state index in [0.717, 1.165) is 40.3 Å². The highest BCUT2D eigenvalue weighted by atomic mass is 32.1. The molecule has 1 N–H and O–H groups in total. The first kappa shape index (κ1) is 15.4. The van der Waals surface area contributed by atoms with Gasteiger partial charge in [-0.15, -0.1) is 22.7 Å². The molecule has 0 aliphatic heterocycles. The second-order valence-corrected chi connectivity index (χ2v) is 6.89. The van der Waals surface area contributed by atoms with Crippen molar-refractivity contribution in [1.29, 1.82) is 0 Å². The summed E-state index contributed by atoms with van der Waals surface area (Å²) in [5.74, 6) is 0. The maximum Gasteiger partial charge on any atom is 0.183 e. The summed E-state index contributed by atoms with van der Waals surface area (Å²) in [6, 6.07) is 0.411. The van der Waals surface area contributed by atoms with E-state index in [9.17, 15) is 0 Å². The van der Waals surface area contributed by atoms with Crippen LogP contribution in [0.5, 0.6) is 0 Å². The summed E-state index contributed by atoms with van der Waals surface area (Å²) in [7, 11) is 0. The lowest BCUT2D eigenvalue weighted by molar-refractivity contribution is 0.295. The average molecular weight is 310 g/mol. The number of rotatable bonds is 7. The van der Waals surface area contributed by atoms with Gasteiger partial charge >= 0.3 is 0 Å². The summed E-state index contributed by atoms with van der Waals surface area (Å²) in [6.45, 7) is 11.7. The zero-order chi connectivity index (χ0) is 14.5. The molecule has 2 aromatic heterocycles. The molecule has 0 atom stereocenters. The molecule has 2 aromatic rings.